The maximum Gasteiger partial charge on any atom is 0.271 e. The average Bonchev–Trinajstić information content (AvgIpc) is 3.58. The SMILES string of the molecule is COc1cccc([C@H]2C(C(=O)Nc3ccccc3)=C(C)N=c3s/c(=C\c4ccc(-c5cc(Cl)ccc5C)o4)c(=O)n32)c1. The van der Waals surface area contributed by atoms with Gasteiger partial charge in [-0.2, -0.15) is 0 Å². The summed E-state index contributed by atoms with van der Waals surface area (Å²) in [5.41, 5.74) is 3.91. The van der Waals surface area contributed by atoms with Crippen LogP contribution in [0.1, 0.15) is 29.9 Å². The fraction of sp³-hybridized carbons (Fsp3) is 0.121. The number of carbonyl (C=O) groups excluding carboxylic acids is 1. The van der Waals surface area contributed by atoms with E-state index in [0.717, 1.165) is 16.7 Å². The van der Waals surface area contributed by atoms with Crippen LogP contribution in [0.2, 0.25) is 5.02 Å². The molecule has 0 unspecified atom stereocenters. The van der Waals surface area contributed by atoms with Crippen molar-refractivity contribution in [3.63, 3.8) is 0 Å². The van der Waals surface area contributed by atoms with Crippen LogP contribution in [-0.2, 0) is 4.79 Å². The number of para-hydroxylation sites is 1. The number of furan rings is 1. The number of amides is 1. The summed E-state index contributed by atoms with van der Waals surface area (Å²) in [6.45, 7) is 3.77. The molecule has 0 saturated carbocycles. The van der Waals surface area contributed by atoms with Gasteiger partial charge in [0.15, 0.2) is 4.80 Å². The molecular weight excluding hydrogens is 570 g/mol. The van der Waals surface area contributed by atoms with E-state index in [4.69, 9.17) is 25.7 Å². The lowest BCUT2D eigenvalue weighted by Gasteiger charge is -2.25. The van der Waals surface area contributed by atoms with Gasteiger partial charge in [0, 0.05) is 22.3 Å². The Balaban J connectivity index is 1.47. The molecule has 0 radical (unpaired) electrons. The van der Waals surface area contributed by atoms with E-state index in [1.165, 1.54) is 11.3 Å². The lowest BCUT2D eigenvalue weighted by molar-refractivity contribution is -0.113. The van der Waals surface area contributed by atoms with Crippen LogP contribution in [0.3, 0.4) is 0 Å². The van der Waals surface area contributed by atoms with Crippen molar-refractivity contribution in [2.75, 3.05) is 12.4 Å². The highest BCUT2D eigenvalue weighted by molar-refractivity contribution is 7.07. The van der Waals surface area contributed by atoms with Gasteiger partial charge in [0.05, 0.1) is 29.0 Å². The minimum Gasteiger partial charge on any atom is -0.497 e. The average molecular weight is 596 g/mol. The number of rotatable bonds is 6. The van der Waals surface area contributed by atoms with E-state index in [0.29, 0.717) is 48.6 Å². The van der Waals surface area contributed by atoms with Crippen molar-refractivity contribution in [2.45, 2.75) is 19.9 Å². The van der Waals surface area contributed by atoms with Crippen molar-refractivity contribution in [3.8, 4) is 17.1 Å². The molecule has 0 aliphatic carbocycles. The molecule has 0 bridgehead atoms. The molecule has 1 aliphatic heterocycles. The quantitative estimate of drug-likeness (QED) is 0.257. The van der Waals surface area contributed by atoms with Gasteiger partial charge in [-0.1, -0.05) is 59.3 Å². The van der Waals surface area contributed by atoms with Crippen molar-refractivity contribution in [1.82, 2.24) is 4.57 Å². The van der Waals surface area contributed by atoms with E-state index in [1.807, 2.05) is 91.9 Å². The first-order valence-corrected chi connectivity index (χ1v) is 14.4. The molecule has 7 nitrogen and oxygen atoms in total. The van der Waals surface area contributed by atoms with Crippen LogP contribution in [-0.4, -0.2) is 17.6 Å². The van der Waals surface area contributed by atoms with Gasteiger partial charge in [-0.05, 0) is 73.5 Å². The van der Waals surface area contributed by atoms with Crippen molar-refractivity contribution in [3.05, 3.63) is 138 Å². The van der Waals surface area contributed by atoms with Crippen LogP contribution in [0.4, 0.5) is 5.69 Å². The van der Waals surface area contributed by atoms with Crippen LogP contribution in [0.5, 0.6) is 5.75 Å². The molecule has 0 saturated heterocycles. The molecule has 9 heteroatoms. The monoisotopic (exact) mass is 595 g/mol. The number of nitrogens with one attached hydrogen (secondary N) is 1. The first-order chi connectivity index (χ1) is 20.3. The summed E-state index contributed by atoms with van der Waals surface area (Å²) in [5, 5.41) is 3.57. The Labute approximate surface area is 250 Å². The number of anilines is 1. The minimum absolute atomic E-state index is 0.277. The third kappa shape index (κ3) is 5.22. The lowest BCUT2D eigenvalue weighted by atomic mass is 9.95. The second kappa shape index (κ2) is 11.3. The van der Waals surface area contributed by atoms with Crippen LogP contribution >= 0.6 is 22.9 Å². The molecule has 3 aromatic carbocycles. The van der Waals surface area contributed by atoms with Gasteiger partial charge in [0.25, 0.3) is 11.5 Å². The molecule has 42 heavy (non-hydrogen) atoms. The summed E-state index contributed by atoms with van der Waals surface area (Å²) in [7, 11) is 1.58. The normalized spacial score (nSPS) is 14.9. The molecule has 6 rings (SSSR count). The van der Waals surface area contributed by atoms with Crippen LogP contribution < -0.4 is 24.9 Å². The zero-order chi connectivity index (χ0) is 29.4. The molecule has 0 fully saturated rings. The number of hydrogen-bond donors (Lipinski definition) is 1. The second-order valence-electron chi connectivity index (χ2n) is 9.84. The van der Waals surface area contributed by atoms with Gasteiger partial charge >= 0.3 is 0 Å². The number of methoxy groups -OCH3 is 1. The van der Waals surface area contributed by atoms with Crippen LogP contribution in [0.15, 0.2) is 110 Å². The van der Waals surface area contributed by atoms with E-state index in [9.17, 15) is 9.59 Å². The zero-order valence-corrected chi connectivity index (χ0v) is 24.6. The Hall–Kier alpha value is -4.66. The summed E-state index contributed by atoms with van der Waals surface area (Å²) in [5.74, 6) is 1.45. The first kappa shape index (κ1) is 27.5. The Kier molecular flexibility index (Phi) is 7.41. The molecule has 1 aliphatic rings. The van der Waals surface area contributed by atoms with E-state index in [2.05, 4.69) is 5.32 Å². The van der Waals surface area contributed by atoms with Crippen molar-refractivity contribution >= 4 is 40.6 Å². The second-order valence-corrected chi connectivity index (χ2v) is 11.3. The summed E-state index contributed by atoms with van der Waals surface area (Å²) >= 11 is 7.46. The topological polar surface area (TPSA) is 85.8 Å². The van der Waals surface area contributed by atoms with E-state index in [1.54, 1.807) is 24.7 Å². The third-order valence-corrected chi connectivity index (χ3v) is 8.29. The fourth-order valence-corrected chi connectivity index (χ4v) is 6.22. The number of aromatic nitrogens is 1. The van der Waals surface area contributed by atoms with E-state index < -0.39 is 6.04 Å². The van der Waals surface area contributed by atoms with Gasteiger partial charge in [-0.25, -0.2) is 4.99 Å². The maximum absolute atomic E-state index is 14.0. The maximum atomic E-state index is 14.0. The number of allylic oxidation sites excluding steroid dienone is 1. The number of aryl methyl sites for hydroxylation is 1. The minimum atomic E-state index is -0.719. The molecule has 3 heterocycles. The molecule has 1 amide bonds. The number of fused-ring (bicyclic) bond motifs is 1. The van der Waals surface area contributed by atoms with Gasteiger partial charge in [0.1, 0.15) is 17.3 Å². The molecule has 1 N–H and O–H groups in total. The van der Waals surface area contributed by atoms with Crippen molar-refractivity contribution in [2.24, 2.45) is 4.99 Å². The number of hydrogen-bond acceptors (Lipinski definition) is 6. The van der Waals surface area contributed by atoms with Crippen LogP contribution in [0.25, 0.3) is 17.4 Å². The number of carbonyl (C=O) groups is 1. The van der Waals surface area contributed by atoms with Crippen molar-refractivity contribution < 1.29 is 13.9 Å². The summed E-state index contributed by atoms with van der Waals surface area (Å²) in [6, 6.07) is 25.2. The van der Waals surface area contributed by atoms with E-state index >= 15 is 0 Å². The number of thiazole rings is 1. The lowest BCUT2D eigenvalue weighted by Crippen LogP contribution is -2.40. The summed E-state index contributed by atoms with van der Waals surface area (Å²) in [6.07, 6.45) is 1.71. The predicted octanol–water partition coefficient (Wildman–Crippen LogP) is 6.10. The number of benzene rings is 3. The standard InChI is InChI=1S/C33H26ClN3O4S/c1-19-12-13-22(34)17-26(19)27-15-14-25(41-27)18-28-32(39)37-30(21-8-7-11-24(16-21)40-3)29(20(2)35-33(37)42-28)31(38)36-23-9-5-4-6-10-23/h4-18,30H,1-3H3,(H,36,38)/b28-18-/t30-/m0/s1. The number of ether oxygens (including phenoxy) is 1. The van der Waals surface area contributed by atoms with Gasteiger partial charge < -0.3 is 14.5 Å². The molecule has 2 aromatic heterocycles. The largest absolute Gasteiger partial charge is 0.497 e. The molecule has 0 spiro atoms. The highest BCUT2D eigenvalue weighted by atomic mass is 35.5. The molecule has 5 aromatic rings. The van der Waals surface area contributed by atoms with Crippen LogP contribution in [0, 0.1) is 6.92 Å². The fourth-order valence-electron chi connectivity index (χ4n) is 5.02. The number of halogens is 1. The third-order valence-electron chi connectivity index (χ3n) is 7.07. The Bertz CT molecular complexity index is 2040. The van der Waals surface area contributed by atoms with Gasteiger partial charge in [-0.3, -0.25) is 14.2 Å². The predicted molar refractivity (Wildman–Crippen MR) is 166 cm³/mol. The number of nitrogens with zero attached hydrogens (tertiary/aromatic N) is 2. The van der Waals surface area contributed by atoms with E-state index in [-0.39, 0.29) is 11.5 Å². The highest BCUT2D eigenvalue weighted by Gasteiger charge is 2.32. The highest BCUT2D eigenvalue weighted by Crippen LogP contribution is 2.33. The van der Waals surface area contributed by atoms with Crippen molar-refractivity contribution in [1.29, 1.82) is 0 Å². The Morgan fingerprint density at radius 3 is 2.64 bits per heavy atom. The summed E-state index contributed by atoms with van der Waals surface area (Å²) in [4.78, 5) is 32.9. The first-order valence-electron chi connectivity index (χ1n) is 13.2. The molecular formula is C33H26ClN3O4S. The van der Waals surface area contributed by atoms with Gasteiger partial charge in [-0.15, -0.1) is 0 Å². The smallest absolute Gasteiger partial charge is 0.271 e. The molecule has 210 valence electrons. The Morgan fingerprint density at radius 2 is 1.86 bits per heavy atom. The Morgan fingerprint density at radius 1 is 1.05 bits per heavy atom. The molecule has 1 atom stereocenters. The van der Waals surface area contributed by atoms with Gasteiger partial charge in [0.2, 0.25) is 0 Å². The zero-order valence-electron chi connectivity index (χ0n) is 23.1. The summed E-state index contributed by atoms with van der Waals surface area (Å²) < 4.78 is 13.6.